The smallest absolute Gasteiger partial charge is 0.221 e. The lowest BCUT2D eigenvalue weighted by atomic mass is 9.76. The third-order valence-electron chi connectivity index (χ3n) is 3.24. The summed E-state index contributed by atoms with van der Waals surface area (Å²) in [5.41, 5.74) is 8.04. The molecule has 1 aliphatic carbocycles. The molecule has 0 bridgehead atoms. The molecule has 1 aromatic rings. The van der Waals surface area contributed by atoms with E-state index >= 15 is 0 Å². The second kappa shape index (κ2) is 3.45. The fourth-order valence-corrected chi connectivity index (χ4v) is 2.37. The molecule has 0 heterocycles. The number of hydrogen-bond donors (Lipinski definition) is 1. The Morgan fingerprint density at radius 2 is 2.14 bits per heavy atom. The van der Waals surface area contributed by atoms with Gasteiger partial charge >= 0.3 is 0 Å². The van der Waals surface area contributed by atoms with Crippen LogP contribution in [0.5, 0.6) is 0 Å². The van der Waals surface area contributed by atoms with Gasteiger partial charge in [-0.1, -0.05) is 31.2 Å². The number of primary amides is 1. The van der Waals surface area contributed by atoms with Gasteiger partial charge in [-0.2, -0.15) is 0 Å². The number of aryl methyl sites for hydroxylation is 1. The molecule has 2 unspecified atom stereocenters. The van der Waals surface area contributed by atoms with E-state index in [0.717, 1.165) is 12.8 Å². The van der Waals surface area contributed by atoms with Crippen molar-refractivity contribution in [2.75, 3.05) is 0 Å². The molecule has 0 radical (unpaired) electrons. The average molecular weight is 189 g/mol. The predicted molar refractivity (Wildman–Crippen MR) is 55.9 cm³/mol. The van der Waals surface area contributed by atoms with Crippen LogP contribution in [0.15, 0.2) is 24.3 Å². The van der Waals surface area contributed by atoms with Gasteiger partial charge in [0.25, 0.3) is 0 Å². The fraction of sp³-hybridized carbons (Fsp3) is 0.417. The van der Waals surface area contributed by atoms with Crippen molar-refractivity contribution in [3.63, 3.8) is 0 Å². The molecule has 2 atom stereocenters. The van der Waals surface area contributed by atoms with Crippen molar-refractivity contribution in [2.24, 2.45) is 11.7 Å². The molecule has 0 aliphatic heterocycles. The molecule has 0 saturated carbocycles. The molecule has 1 aromatic carbocycles. The number of benzene rings is 1. The number of amides is 1. The van der Waals surface area contributed by atoms with Crippen molar-refractivity contribution in [1.82, 2.24) is 0 Å². The van der Waals surface area contributed by atoms with E-state index in [1.54, 1.807) is 0 Å². The molecule has 0 fully saturated rings. The predicted octanol–water partition coefficient (Wildman–Crippen LogP) is 1.84. The molecule has 0 aromatic heterocycles. The van der Waals surface area contributed by atoms with Crippen LogP contribution in [0.1, 0.15) is 30.4 Å². The summed E-state index contributed by atoms with van der Waals surface area (Å²) in [6.07, 6.45) is 1.88. The summed E-state index contributed by atoms with van der Waals surface area (Å²) in [6, 6.07) is 8.33. The molecule has 2 N–H and O–H groups in total. The Morgan fingerprint density at radius 1 is 1.43 bits per heavy atom. The van der Waals surface area contributed by atoms with Crippen molar-refractivity contribution in [3.8, 4) is 0 Å². The molecule has 2 heteroatoms. The third-order valence-corrected chi connectivity index (χ3v) is 3.24. The summed E-state index contributed by atoms with van der Waals surface area (Å²) in [7, 11) is 0. The van der Waals surface area contributed by atoms with Crippen LogP contribution in [0.25, 0.3) is 0 Å². The maximum Gasteiger partial charge on any atom is 0.221 e. The van der Waals surface area contributed by atoms with Crippen LogP contribution in [-0.2, 0) is 11.2 Å². The largest absolute Gasteiger partial charge is 0.369 e. The first-order chi connectivity index (χ1) is 6.70. The van der Waals surface area contributed by atoms with Gasteiger partial charge in [0.2, 0.25) is 5.91 Å². The highest BCUT2D eigenvalue weighted by molar-refractivity contribution is 5.78. The van der Waals surface area contributed by atoms with Gasteiger partial charge in [-0.25, -0.2) is 0 Å². The lowest BCUT2D eigenvalue weighted by Crippen LogP contribution is -2.31. The molecule has 1 aliphatic rings. The van der Waals surface area contributed by atoms with E-state index in [4.69, 9.17) is 5.73 Å². The third kappa shape index (κ3) is 1.41. The number of carbonyl (C=O) groups is 1. The van der Waals surface area contributed by atoms with Gasteiger partial charge in [-0.3, -0.25) is 4.79 Å². The van der Waals surface area contributed by atoms with E-state index in [2.05, 4.69) is 25.1 Å². The zero-order valence-corrected chi connectivity index (χ0v) is 8.36. The lowest BCUT2D eigenvalue weighted by Gasteiger charge is -2.28. The number of fused-ring (bicyclic) bond motifs is 1. The van der Waals surface area contributed by atoms with Gasteiger partial charge in [0.15, 0.2) is 0 Å². The second-order valence-electron chi connectivity index (χ2n) is 4.04. The van der Waals surface area contributed by atoms with Crippen LogP contribution in [0.2, 0.25) is 0 Å². The average Bonchev–Trinajstić information content (AvgIpc) is 2.18. The Morgan fingerprint density at radius 3 is 2.86 bits per heavy atom. The monoisotopic (exact) mass is 189 g/mol. The van der Waals surface area contributed by atoms with Crippen molar-refractivity contribution in [2.45, 2.75) is 25.7 Å². The van der Waals surface area contributed by atoms with E-state index in [1.807, 2.05) is 6.07 Å². The van der Waals surface area contributed by atoms with E-state index in [-0.39, 0.29) is 17.7 Å². The molecule has 0 saturated heterocycles. The molecule has 1 amide bonds. The summed E-state index contributed by atoms with van der Waals surface area (Å²) in [6.45, 7) is 2.09. The van der Waals surface area contributed by atoms with Crippen LogP contribution < -0.4 is 5.73 Å². The Labute approximate surface area is 84.1 Å². The Kier molecular flexibility index (Phi) is 2.28. The minimum absolute atomic E-state index is 0.0184. The number of nitrogens with two attached hydrogens (primary N) is 1. The minimum Gasteiger partial charge on any atom is -0.369 e. The Hall–Kier alpha value is -1.31. The van der Waals surface area contributed by atoms with Gasteiger partial charge in [-0.05, 0) is 29.9 Å². The minimum atomic E-state index is -0.160. The summed E-state index contributed by atoms with van der Waals surface area (Å²) >= 11 is 0. The highest BCUT2D eigenvalue weighted by atomic mass is 16.1. The van der Waals surface area contributed by atoms with Gasteiger partial charge in [-0.15, -0.1) is 0 Å². The first-order valence-electron chi connectivity index (χ1n) is 5.07. The fourth-order valence-electron chi connectivity index (χ4n) is 2.37. The quantitative estimate of drug-likeness (QED) is 0.719. The van der Waals surface area contributed by atoms with E-state index in [1.165, 1.54) is 11.1 Å². The zero-order valence-electron chi connectivity index (χ0n) is 8.36. The molecular formula is C12H15NO. The van der Waals surface area contributed by atoms with Gasteiger partial charge in [0.05, 0.1) is 0 Å². The SMILES string of the molecule is CC1c2ccccc2CCC1C(N)=O. The first-order valence-corrected chi connectivity index (χ1v) is 5.07. The topological polar surface area (TPSA) is 43.1 Å². The van der Waals surface area contributed by atoms with Crippen molar-refractivity contribution < 1.29 is 4.79 Å². The maximum atomic E-state index is 11.2. The standard InChI is InChI=1S/C12H15NO/c1-8-10-5-3-2-4-9(10)6-7-11(8)12(13)14/h2-5,8,11H,6-7H2,1H3,(H2,13,14). The van der Waals surface area contributed by atoms with Crippen LogP contribution in [-0.4, -0.2) is 5.91 Å². The Balaban J connectivity index is 2.36. The first kappa shape index (κ1) is 9.25. The second-order valence-corrected chi connectivity index (χ2v) is 4.04. The number of carbonyl (C=O) groups excluding carboxylic acids is 1. The molecule has 0 spiro atoms. The highest BCUT2D eigenvalue weighted by Crippen LogP contribution is 2.35. The van der Waals surface area contributed by atoms with Gasteiger partial charge < -0.3 is 5.73 Å². The van der Waals surface area contributed by atoms with Crippen LogP contribution in [0.3, 0.4) is 0 Å². The molecule has 2 rings (SSSR count). The Bertz CT molecular complexity index is 359. The number of hydrogen-bond acceptors (Lipinski definition) is 1. The van der Waals surface area contributed by atoms with Gasteiger partial charge in [0.1, 0.15) is 0 Å². The summed E-state index contributed by atoms with van der Waals surface area (Å²) < 4.78 is 0. The van der Waals surface area contributed by atoms with E-state index in [0.29, 0.717) is 0 Å². The molecule has 74 valence electrons. The maximum absolute atomic E-state index is 11.2. The van der Waals surface area contributed by atoms with Crippen LogP contribution in [0.4, 0.5) is 0 Å². The van der Waals surface area contributed by atoms with Crippen LogP contribution in [0, 0.1) is 5.92 Å². The molecule has 14 heavy (non-hydrogen) atoms. The molecule has 2 nitrogen and oxygen atoms in total. The number of rotatable bonds is 1. The molecular weight excluding hydrogens is 174 g/mol. The normalized spacial score (nSPS) is 25.5. The van der Waals surface area contributed by atoms with Crippen molar-refractivity contribution >= 4 is 5.91 Å². The van der Waals surface area contributed by atoms with Gasteiger partial charge in [0, 0.05) is 5.92 Å². The summed E-state index contributed by atoms with van der Waals surface area (Å²) in [5, 5.41) is 0. The van der Waals surface area contributed by atoms with Crippen LogP contribution >= 0.6 is 0 Å². The zero-order chi connectivity index (χ0) is 10.1. The summed E-state index contributed by atoms with van der Waals surface area (Å²) in [5.74, 6) is 0.134. The lowest BCUT2D eigenvalue weighted by molar-refractivity contribution is -0.122. The van der Waals surface area contributed by atoms with E-state index < -0.39 is 0 Å². The van der Waals surface area contributed by atoms with Crippen molar-refractivity contribution in [1.29, 1.82) is 0 Å². The van der Waals surface area contributed by atoms with Crippen molar-refractivity contribution in [3.05, 3.63) is 35.4 Å². The van der Waals surface area contributed by atoms with E-state index in [9.17, 15) is 4.79 Å². The summed E-state index contributed by atoms with van der Waals surface area (Å²) in [4.78, 5) is 11.2. The highest BCUT2D eigenvalue weighted by Gasteiger charge is 2.29.